The molecule has 0 amide bonds. The van der Waals surface area contributed by atoms with Crippen molar-refractivity contribution < 1.29 is 4.39 Å². The molecule has 1 heteroatoms. The van der Waals surface area contributed by atoms with Crippen molar-refractivity contribution in [2.45, 2.75) is 44.9 Å². The fraction of sp³-hybridized carbons (Fsp3) is 0.538. The van der Waals surface area contributed by atoms with E-state index in [1.165, 1.54) is 12.0 Å². The highest BCUT2D eigenvalue weighted by molar-refractivity contribution is 5.37. The lowest BCUT2D eigenvalue weighted by atomic mass is 9.70. The van der Waals surface area contributed by atoms with Gasteiger partial charge in [-0.3, -0.25) is 0 Å². The van der Waals surface area contributed by atoms with Gasteiger partial charge in [-0.1, -0.05) is 26.0 Å². The Morgan fingerprint density at radius 1 is 1.43 bits per heavy atom. The second-order valence-corrected chi connectivity index (χ2v) is 4.53. The van der Waals surface area contributed by atoms with E-state index in [4.69, 9.17) is 0 Å². The van der Waals surface area contributed by atoms with Crippen LogP contribution < -0.4 is 0 Å². The molecule has 0 aliphatic heterocycles. The molecule has 2 rings (SSSR count). The molecule has 0 radical (unpaired) electrons. The molecule has 0 fully saturated rings. The molecule has 0 bridgehead atoms. The summed E-state index contributed by atoms with van der Waals surface area (Å²) in [5.41, 5.74) is 2.41. The van der Waals surface area contributed by atoms with Crippen molar-refractivity contribution in [3.8, 4) is 0 Å². The van der Waals surface area contributed by atoms with Gasteiger partial charge in [-0.2, -0.15) is 0 Å². The zero-order valence-electron chi connectivity index (χ0n) is 8.94. The highest BCUT2D eigenvalue weighted by Gasteiger charge is 2.31. The minimum atomic E-state index is -0.0122. The number of hydrogen-bond donors (Lipinski definition) is 0. The smallest absolute Gasteiger partial charge is 0.126 e. The maximum atomic E-state index is 13.6. The molecule has 1 atom stereocenters. The molecule has 76 valence electrons. The Bertz CT molecular complexity index is 343. The summed E-state index contributed by atoms with van der Waals surface area (Å²) in [6.45, 7) is 4.45. The zero-order valence-corrected chi connectivity index (χ0v) is 8.94. The fourth-order valence-corrected chi connectivity index (χ4v) is 2.54. The van der Waals surface area contributed by atoms with Gasteiger partial charge < -0.3 is 0 Å². The molecule has 0 spiro atoms. The van der Waals surface area contributed by atoms with Gasteiger partial charge in [0.1, 0.15) is 5.82 Å². The van der Waals surface area contributed by atoms with E-state index in [0.717, 1.165) is 24.8 Å². The largest absolute Gasteiger partial charge is 0.207 e. The lowest BCUT2D eigenvalue weighted by molar-refractivity contribution is 0.374. The molecule has 1 aromatic rings. The molecule has 0 nitrogen and oxygen atoms in total. The summed E-state index contributed by atoms with van der Waals surface area (Å²) in [6, 6.07) is 5.52. The quantitative estimate of drug-likeness (QED) is 0.634. The van der Waals surface area contributed by atoms with Crippen molar-refractivity contribution >= 4 is 0 Å². The van der Waals surface area contributed by atoms with E-state index in [0.29, 0.717) is 0 Å². The Hall–Kier alpha value is -0.850. The summed E-state index contributed by atoms with van der Waals surface area (Å²) >= 11 is 0. The standard InChI is InChI=1S/C13H17F/c1-3-13(2)9-5-6-10-11(13)7-4-8-12(10)14/h4,7-8H,3,5-6,9H2,1-2H3. The lowest BCUT2D eigenvalue weighted by Gasteiger charge is -2.35. The third kappa shape index (κ3) is 1.35. The van der Waals surface area contributed by atoms with Gasteiger partial charge in [-0.05, 0) is 48.3 Å². The van der Waals surface area contributed by atoms with Crippen molar-refractivity contribution in [2.24, 2.45) is 0 Å². The van der Waals surface area contributed by atoms with Gasteiger partial charge in [0.25, 0.3) is 0 Å². The molecular weight excluding hydrogens is 175 g/mol. The van der Waals surface area contributed by atoms with E-state index in [1.807, 2.05) is 6.07 Å². The normalized spacial score (nSPS) is 25.9. The Morgan fingerprint density at radius 2 is 2.21 bits per heavy atom. The zero-order chi connectivity index (χ0) is 10.2. The minimum absolute atomic E-state index is 0.0122. The Balaban J connectivity index is 2.55. The SMILES string of the molecule is CCC1(C)CCCc2c(F)cccc21. The minimum Gasteiger partial charge on any atom is -0.207 e. The molecule has 1 unspecified atom stereocenters. The van der Waals surface area contributed by atoms with Crippen LogP contribution in [0.3, 0.4) is 0 Å². The Morgan fingerprint density at radius 3 is 2.93 bits per heavy atom. The van der Waals surface area contributed by atoms with Crippen LogP contribution in [-0.4, -0.2) is 0 Å². The predicted molar refractivity (Wildman–Crippen MR) is 57.0 cm³/mol. The van der Waals surface area contributed by atoms with Crippen LogP contribution in [0.2, 0.25) is 0 Å². The first-order valence-electron chi connectivity index (χ1n) is 5.45. The van der Waals surface area contributed by atoms with E-state index in [2.05, 4.69) is 19.9 Å². The molecule has 1 aromatic carbocycles. The lowest BCUT2D eigenvalue weighted by Crippen LogP contribution is -2.27. The van der Waals surface area contributed by atoms with Crippen LogP contribution in [-0.2, 0) is 11.8 Å². The van der Waals surface area contributed by atoms with E-state index < -0.39 is 0 Å². The van der Waals surface area contributed by atoms with Gasteiger partial charge in [-0.15, -0.1) is 0 Å². The van der Waals surface area contributed by atoms with Gasteiger partial charge >= 0.3 is 0 Å². The van der Waals surface area contributed by atoms with Crippen molar-refractivity contribution in [1.82, 2.24) is 0 Å². The molecule has 0 saturated heterocycles. The van der Waals surface area contributed by atoms with Gasteiger partial charge in [0.15, 0.2) is 0 Å². The number of fused-ring (bicyclic) bond motifs is 1. The summed E-state index contributed by atoms with van der Waals surface area (Å²) in [7, 11) is 0. The topological polar surface area (TPSA) is 0 Å². The van der Waals surface area contributed by atoms with E-state index >= 15 is 0 Å². The molecule has 0 saturated carbocycles. The maximum Gasteiger partial charge on any atom is 0.126 e. The van der Waals surface area contributed by atoms with Gasteiger partial charge in [0.2, 0.25) is 0 Å². The van der Waals surface area contributed by atoms with Crippen molar-refractivity contribution in [2.75, 3.05) is 0 Å². The highest BCUT2D eigenvalue weighted by Crippen LogP contribution is 2.40. The fourth-order valence-electron chi connectivity index (χ4n) is 2.54. The summed E-state index contributed by atoms with van der Waals surface area (Å²) in [5, 5.41) is 0. The van der Waals surface area contributed by atoms with Crippen molar-refractivity contribution in [3.05, 3.63) is 35.1 Å². The third-order valence-corrected chi connectivity index (χ3v) is 3.70. The molecule has 14 heavy (non-hydrogen) atoms. The second-order valence-electron chi connectivity index (χ2n) is 4.53. The third-order valence-electron chi connectivity index (χ3n) is 3.70. The summed E-state index contributed by atoms with van der Waals surface area (Å²) in [6.07, 6.45) is 4.33. The molecule has 1 aliphatic carbocycles. The van der Waals surface area contributed by atoms with Crippen LogP contribution in [0, 0.1) is 5.82 Å². The summed E-state index contributed by atoms with van der Waals surface area (Å²) in [5.74, 6) is -0.0122. The van der Waals surface area contributed by atoms with Gasteiger partial charge in [0.05, 0.1) is 0 Å². The molecule has 0 N–H and O–H groups in total. The van der Waals surface area contributed by atoms with E-state index in [1.54, 1.807) is 6.07 Å². The maximum absolute atomic E-state index is 13.6. The van der Waals surface area contributed by atoms with Crippen LogP contribution in [0.25, 0.3) is 0 Å². The van der Waals surface area contributed by atoms with Crippen LogP contribution in [0.15, 0.2) is 18.2 Å². The number of rotatable bonds is 1. The van der Waals surface area contributed by atoms with Crippen molar-refractivity contribution in [3.63, 3.8) is 0 Å². The predicted octanol–water partition coefficient (Wildman–Crippen LogP) is 3.83. The second kappa shape index (κ2) is 3.38. The molecule has 0 aromatic heterocycles. The Kier molecular flexibility index (Phi) is 2.34. The first-order chi connectivity index (χ1) is 6.67. The Labute approximate surface area is 85.1 Å². The number of hydrogen-bond acceptors (Lipinski definition) is 0. The number of halogens is 1. The first-order valence-corrected chi connectivity index (χ1v) is 5.45. The molecule has 0 heterocycles. The van der Waals surface area contributed by atoms with Crippen LogP contribution in [0.4, 0.5) is 4.39 Å². The van der Waals surface area contributed by atoms with E-state index in [-0.39, 0.29) is 11.2 Å². The van der Waals surface area contributed by atoms with Gasteiger partial charge in [-0.25, -0.2) is 4.39 Å². The van der Waals surface area contributed by atoms with E-state index in [9.17, 15) is 4.39 Å². The average molecular weight is 192 g/mol. The molecular formula is C13H17F. The van der Waals surface area contributed by atoms with Crippen LogP contribution in [0.1, 0.15) is 44.2 Å². The summed E-state index contributed by atoms with van der Waals surface area (Å²) < 4.78 is 13.6. The van der Waals surface area contributed by atoms with Crippen LogP contribution >= 0.6 is 0 Å². The average Bonchev–Trinajstić information content (AvgIpc) is 2.20. The van der Waals surface area contributed by atoms with Crippen LogP contribution in [0.5, 0.6) is 0 Å². The number of benzene rings is 1. The highest BCUT2D eigenvalue weighted by atomic mass is 19.1. The molecule has 1 aliphatic rings. The van der Waals surface area contributed by atoms with Crippen molar-refractivity contribution in [1.29, 1.82) is 0 Å². The monoisotopic (exact) mass is 192 g/mol. The van der Waals surface area contributed by atoms with Gasteiger partial charge in [0, 0.05) is 0 Å². The summed E-state index contributed by atoms with van der Waals surface area (Å²) in [4.78, 5) is 0. The first kappa shape index (κ1) is 9.70.